The molecule has 24 heavy (non-hydrogen) atoms. The van der Waals surface area contributed by atoms with E-state index in [2.05, 4.69) is 5.32 Å². The first-order valence-corrected chi connectivity index (χ1v) is 8.85. The first-order chi connectivity index (χ1) is 11.4. The van der Waals surface area contributed by atoms with Gasteiger partial charge < -0.3 is 20.4 Å². The summed E-state index contributed by atoms with van der Waals surface area (Å²) in [4.78, 5) is 26.8. The minimum atomic E-state index is -0.651. The number of aryl methyl sites for hydroxylation is 2. The van der Waals surface area contributed by atoms with Gasteiger partial charge in [0.05, 0.1) is 11.1 Å². The molecular formula is C18H27N3O3. The van der Waals surface area contributed by atoms with Crippen molar-refractivity contribution in [3.05, 3.63) is 23.2 Å². The van der Waals surface area contributed by atoms with Crippen LogP contribution in [0.5, 0.6) is 0 Å². The van der Waals surface area contributed by atoms with E-state index in [-0.39, 0.29) is 17.9 Å². The molecule has 2 aliphatic rings. The van der Waals surface area contributed by atoms with Crippen LogP contribution in [0.25, 0.3) is 0 Å². The van der Waals surface area contributed by atoms with Crippen molar-refractivity contribution in [3.63, 3.8) is 0 Å². The average Bonchev–Trinajstić information content (AvgIpc) is 3.14. The minimum Gasteiger partial charge on any atom is -0.466 e. The van der Waals surface area contributed by atoms with Crippen molar-refractivity contribution in [2.24, 2.45) is 5.73 Å². The molecule has 0 atom stereocenters. The fourth-order valence-electron chi connectivity index (χ4n) is 3.88. The Kier molecular flexibility index (Phi) is 4.67. The van der Waals surface area contributed by atoms with E-state index in [1.807, 2.05) is 11.8 Å². The van der Waals surface area contributed by atoms with Crippen LogP contribution in [0.4, 0.5) is 0 Å². The second-order valence-corrected chi connectivity index (χ2v) is 7.23. The molecule has 6 nitrogen and oxygen atoms in total. The predicted molar refractivity (Wildman–Crippen MR) is 90.6 cm³/mol. The van der Waals surface area contributed by atoms with Crippen LogP contribution in [-0.4, -0.2) is 41.4 Å². The molecule has 0 aromatic carbocycles. The molecule has 6 heteroatoms. The van der Waals surface area contributed by atoms with E-state index in [9.17, 15) is 9.59 Å². The molecule has 132 valence electrons. The zero-order valence-electron chi connectivity index (χ0n) is 14.6. The molecule has 0 bridgehead atoms. The van der Waals surface area contributed by atoms with Crippen molar-refractivity contribution in [1.82, 2.24) is 10.2 Å². The van der Waals surface area contributed by atoms with Crippen molar-refractivity contribution < 1.29 is 14.0 Å². The van der Waals surface area contributed by atoms with E-state index in [1.54, 1.807) is 13.0 Å². The van der Waals surface area contributed by atoms with E-state index < -0.39 is 5.54 Å². The summed E-state index contributed by atoms with van der Waals surface area (Å²) in [7, 11) is 0. The van der Waals surface area contributed by atoms with Gasteiger partial charge in [-0.2, -0.15) is 0 Å². The Labute approximate surface area is 142 Å². The van der Waals surface area contributed by atoms with E-state index in [1.165, 1.54) is 0 Å². The average molecular weight is 333 g/mol. The molecule has 0 radical (unpaired) electrons. The lowest BCUT2D eigenvalue weighted by Gasteiger charge is -2.37. The number of likely N-dealkylation sites (tertiary alicyclic amines) is 1. The van der Waals surface area contributed by atoms with E-state index in [0.29, 0.717) is 24.4 Å². The van der Waals surface area contributed by atoms with Crippen molar-refractivity contribution in [1.29, 1.82) is 0 Å². The highest BCUT2D eigenvalue weighted by Gasteiger charge is 2.40. The van der Waals surface area contributed by atoms with Crippen molar-refractivity contribution in [2.45, 2.75) is 64.0 Å². The Morgan fingerprint density at radius 3 is 2.42 bits per heavy atom. The molecule has 0 unspecified atom stereocenters. The smallest absolute Gasteiger partial charge is 0.255 e. The summed E-state index contributed by atoms with van der Waals surface area (Å²) >= 11 is 0. The van der Waals surface area contributed by atoms with Crippen LogP contribution >= 0.6 is 0 Å². The van der Waals surface area contributed by atoms with E-state index in [0.717, 1.165) is 44.3 Å². The molecule has 1 aliphatic heterocycles. The van der Waals surface area contributed by atoms with Gasteiger partial charge in [-0.25, -0.2) is 0 Å². The third-order valence-corrected chi connectivity index (χ3v) is 5.32. The second kappa shape index (κ2) is 6.59. The second-order valence-electron chi connectivity index (χ2n) is 7.23. The molecule has 3 N–H and O–H groups in total. The molecule has 1 aliphatic carbocycles. The Bertz CT molecular complexity index is 623. The van der Waals surface area contributed by atoms with Gasteiger partial charge in [0.25, 0.3) is 5.91 Å². The quantitative estimate of drug-likeness (QED) is 0.884. The minimum absolute atomic E-state index is 0.0890. The summed E-state index contributed by atoms with van der Waals surface area (Å²) in [6, 6.07) is 1.86. The summed E-state index contributed by atoms with van der Waals surface area (Å²) in [6.45, 7) is 4.95. The van der Waals surface area contributed by atoms with Crippen LogP contribution in [-0.2, 0) is 4.79 Å². The normalized spacial score (nSPS) is 21.0. The molecule has 1 aromatic rings. The van der Waals surface area contributed by atoms with Crippen LogP contribution in [0.15, 0.2) is 10.5 Å². The van der Waals surface area contributed by atoms with Gasteiger partial charge in [0.1, 0.15) is 11.5 Å². The Hall–Kier alpha value is -1.82. The Balaban J connectivity index is 1.53. The van der Waals surface area contributed by atoms with Gasteiger partial charge in [0.15, 0.2) is 0 Å². The molecule has 2 amide bonds. The lowest BCUT2D eigenvalue weighted by molar-refractivity contribution is -0.137. The molecular weight excluding hydrogens is 306 g/mol. The maximum Gasteiger partial charge on any atom is 0.255 e. The zero-order chi connectivity index (χ0) is 17.3. The topological polar surface area (TPSA) is 88.6 Å². The molecule has 1 saturated heterocycles. The summed E-state index contributed by atoms with van der Waals surface area (Å²) in [6.07, 6.45) is 5.20. The maximum absolute atomic E-state index is 12.6. The number of rotatable bonds is 3. The molecule has 1 saturated carbocycles. The van der Waals surface area contributed by atoms with Crippen molar-refractivity contribution in [3.8, 4) is 0 Å². The highest BCUT2D eigenvalue weighted by atomic mass is 16.3. The summed E-state index contributed by atoms with van der Waals surface area (Å²) in [5.74, 6) is 1.37. The standard InChI is InChI=1S/C18H27N3O3/c1-12-11-15(13(2)24-12)16(22)20-14-5-9-21(10-6-14)17(23)18(19)7-3-4-8-18/h11,14H,3-10,19H2,1-2H3,(H,20,22). The van der Waals surface area contributed by atoms with Crippen LogP contribution in [0, 0.1) is 13.8 Å². The number of nitrogens with zero attached hydrogens (tertiary/aromatic N) is 1. The number of hydrogen-bond donors (Lipinski definition) is 2. The zero-order valence-corrected chi connectivity index (χ0v) is 14.6. The third kappa shape index (κ3) is 3.34. The fraction of sp³-hybridized carbons (Fsp3) is 0.667. The van der Waals surface area contributed by atoms with Crippen LogP contribution in [0.2, 0.25) is 0 Å². The third-order valence-electron chi connectivity index (χ3n) is 5.32. The Morgan fingerprint density at radius 1 is 1.25 bits per heavy atom. The predicted octanol–water partition coefficient (Wildman–Crippen LogP) is 1.89. The lowest BCUT2D eigenvalue weighted by atomic mass is 9.95. The lowest BCUT2D eigenvalue weighted by Crippen LogP contribution is -2.56. The van der Waals surface area contributed by atoms with Crippen molar-refractivity contribution in [2.75, 3.05) is 13.1 Å². The largest absolute Gasteiger partial charge is 0.466 e. The van der Waals surface area contributed by atoms with Gasteiger partial charge >= 0.3 is 0 Å². The van der Waals surface area contributed by atoms with Gasteiger partial charge in [-0.05, 0) is 45.6 Å². The summed E-state index contributed by atoms with van der Waals surface area (Å²) in [5, 5.41) is 3.06. The van der Waals surface area contributed by atoms with Gasteiger partial charge in [0.2, 0.25) is 5.91 Å². The molecule has 0 spiro atoms. The van der Waals surface area contributed by atoms with Gasteiger partial charge in [-0.15, -0.1) is 0 Å². The van der Waals surface area contributed by atoms with Gasteiger partial charge in [0, 0.05) is 19.1 Å². The monoisotopic (exact) mass is 333 g/mol. The number of carbonyl (C=O) groups excluding carboxylic acids is 2. The number of carbonyl (C=O) groups is 2. The first-order valence-electron chi connectivity index (χ1n) is 8.85. The number of furan rings is 1. The SMILES string of the molecule is Cc1cc(C(=O)NC2CCN(C(=O)C3(N)CCCC3)CC2)c(C)o1. The van der Waals surface area contributed by atoms with Gasteiger partial charge in [-0.1, -0.05) is 12.8 Å². The molecule has 2 fully saturated rings. The van der Waals surface area contributed by atoms with Crippen LogP contribution in [0.1, 0.15) is 60.4 Å². The number of piperidine rings is 1. The molecule has 1 aromatic heterocycles. The molecule has 3 rings (SSSR count). The van der Waals surface area contributed by atoms with E-state index in [4.69, 9.17) is 10.2 Å². The number of nitrogens with two attached hydrogens (primary N) is 1. The maximum atomic E-state index is 12.6. The van der Waals surface area contributed by atoms with Gasteiger partial charge in [-0.3, -0.25) is 9.59 Å². The number of hydrogen-bond acceptors (Lipinski definition) is 4. The number of amides is 2. The van der Waals surface area contributed by atoms with Crippen LogP contribution in [0.3, 0.4) is 0 Å². The van der Waals surface area contributed by atoms with Crippen LogP contribution < -0.4 is 11.1 Å². The van der Waals surface area contributed by atoms with E-state index >= 15 is 0 Å². The highest BCUT2D eigenvalue weighted by molar-refractivity contribution is 5.95. The Morgan fingerprint density at radius 2 is 1.88 bits per heavy atom. The molecule has 2 heterocycles. The van der Waals surface area contributed by atoms with Crippen molar-refractivity contribution >= 4 is 11.8 Å². The highest BCUT2D eigenvalue weighted by Crippen LogP contribution is 2.30. The summed E-state index contributed by atoms with van der Waals surface area (Å²) in [5.41, 5.74) is 6.22. The first kappa shape index (κ1) is 17.0. The fourth-order valence-corrected chi connectivity index (χ4v) is 3.88. The number of nitrogens with one attached hydrogen (secondary N) is 1. The summed E-state index contributed by atoms with van der Waals surface area (Å²) < 4.78 is 5.41.